The zero-order chi connectivity index (χ0) is 25.5. The monoisotopic (exact) mass is 504 g/mol. The summed E-state index contributed by atoms with van der Waals surface area (Å²) in [6.07, 6.45) is -4.06. The molecule has 1 fully saturated rings. The lowest BCUT2D eigenvalue weighted by Crippen LogP contribution is -2.41. The summed E-state index contributed by atoms with van der Waals surface area (Å²) in [5, 5.41) is 6.26. The summed E-state index contributed by atoms with van der Waals surface area (Å²) in [5.74, 6) is 0.164. The molecular formula is C24H36ClF3N4O2. The Kier molecular flexibility index (Phi) is 10.3. The highest BCUT2D eigenvalue weighted by Crippen LogP contribution is 2.33. The van der Waals surface area contributed by atoms with Gasteiger partial charge in [0.05, 0.1) is 18.6 Å². The normalized spacial score (nSPS) is 16.3. The van der Waals surface area contributed by atoms with E-state index in [-0.39, 0.29) is 24.1 Å². The topological polar surface area (TPSA) is 48.4 Å². The molecule has 0 bridgehead atoms. The minimum atomic E-state index is -4.33. The maximum absolute atomic E-state index is 13.0. The van der Waals surface area contributed by atoms with Gasteiger partial charge in [-0.05, 0) is 44.2 Å². The lowest BCUT2D eigenvalue weighted by atomic mass is 10.00. The third-order valence-electron chi connectivity index (χ3n) is 6.18. The molecule has 1 atom stereocenters. The third kappa shape index (κ3) is 7.96. The third-order valence-corrected chi connectivity index (χ3v) is 6.47. The first-order chi connectivity index (χ1) is 16.0. The molecule has 1 aliphatic rings. The summed E-state index contributed by atoms with van der Waals surface area (Å²) >= 11 is 6.23. The zero-order valence-corrected chi connectivity index (χ0v) is 21.5. The Bertz CT molecular complexity index is 863. The van der Waals surface area contributed by atoms with Crippen LogP contribution in [0.25, 0.3) is 0 Å². The molecule has 0 aromatic heterocycles. The lowest BCUT2D eigenvalue weighted by molar-refractivity contribution is -0.132. The Balaban J connectivity index is 2.09. The van der Waals surface area contributed by atoms with Crippen molar-refractivity contribution in [2.45, 2.75) is 53.1 Å². The van der Waals surface area contributed by atoms with Crippen molar-refractivity contribution in [2.24, 2.45) is 11.0 Å². The average molecular weight is 505 g/mol. The van der Waals surface area contributed by atoms with Gasteiger partial charge in [0.2, 0.25) is 5.91 Å². The molecule has 10 heteroatoms. The number of hydrogen-bond acceptors (Lipinski definition) is 5. The molecule has 1 saturated heterocycles. The highest BCUT2D eigenvalue weighted by molar-refractivity contribution is 6.32. The summed E-state index contributed by atoms with van der Waals surface area (Å²) in [6, 6.07) is 3.79. The Morgan fingerprint density at radius 1 is 1.24 bits per heavy atom. The maximum atomic E-state index is 13.0. The number of amides is 1. The molecule has 34 heavy (non-hydrogen) atoms. The van der Waals surface area contributed by atoms with Crippen molar-refractivity contribution in [2.75, 3.05) is 51.3 Å². The highest BCUT2D eigenvalue weighted by Gasteiger charge is 2.32. The molecular weight excluding hydrogens is 469 g/mol. The number of alkyl halides is 3. The predicted molar refractivity (Wildman–Crippen MR) is 131 cm³/mol. The van der Waals surface area contributed by atoms with Crippen molar-refractivity contribution in [3.63, 3.8) is 0 Å². The molecule has 1 heterocycles. The fourth-order valence-corrected chi connectivity index (χ4v) is 4.25. The largest absolute Gasteiger partial charge is 0.495 e. The van der Waals surface area contributed by atoms with Crippen molar-refractivity contribution >= 4 is 28.9 Å². The second kappa shape index (κ2) is 12.5. The SMILES string of the molecule is CCC(C)/C(CC(F)(F)F)=N\N(CC)CC(=O)N1CCCN(c2cc(OC)c(Cl)cc2C)CC1. The molecule has 0 saturated carbocycles. The quantitative estimate of drug-likeness (QED) is 0.335. The van der Waals surface area contributed by atoms with E-state index in [0.29, 0.717) is 43.4 Å². The molecule has 0 N–H and O–H groups in total. The van der Waals surface area contributed by atoms with E-state index >= 15 is 0 Å². The number of carbonyl (C=O) groups excluding carboxylic acids is 1. The molecule has 1 aromatic carbocycles. The van der Waals surface area contributed by atoms with Gasteiger partial charge in [-0.25, -0.2) is 0 Å². The van der Waals surface area contributed by atoms with Crippen LogP contribution in [-0.2, 0) is 4.79 Å². The Morgan fingerprint density at radius 2 is 1.94 bits per heavy atom. The van der Waals surface area contributed by atoms with Gasteiger partial charge in [-0.2, -0.15) is 18.3 Å². The van der Waals surface area contributed by atoms with Crippen LogP contribution in [0.2, 0.25) is 5.02 Å². The average Bonchev–Trinajstić information content (AvgIpc) is 3.03. The summed E-state index contributed by atoms with van der Waals surface area (Å²) in [7, 11) is 1.58. The summed E-state index contributed by atoms with van der Waals surface area (Å²) in [6.45, 7) is 10.2. The second-order valence-corrected chi connectivity index (χ2v) is 9.08. The summed E-state index contributed by atoms with van der Waals surface area (Å²) < 4.78 is 44.5. The second-order valence-electron chi connectivity index (χ2n) is 8.67. The zero-order valence-electron chi connectivity index (χ0n) is 20.7. The number of aryl methyl sites for hydroxylation is 1. The molecule has 0 radical (unpaired) electrons. The van der Waals surface area contributed by atoms with E-state index in [2.05, 4.69) is 10.0 Å². The van der Waals surface area contributed by atoms with E-state index in [1.165, 1.54) is 5.01 Å². The number of methoxy groups -OCH3 is 1. The predicted octanol–water partition coefficient (Wildman–Crippen LogP) is 5.37. The van der Waals surface area contributed by atoms with E-state index in [9.17, 15) is 18.0 Å². The van der Waals surface area contributed by atoms with Crippen molar-refractivity contribution in [3.05, 3.63) is 22.7 Å². The van der Waals surface area contributed by atoms with Gasteiger partial charge < -0.3 is 14.5 Å². The van der Waals surface area contributed by atoms with Gasteiger partial charge in [-0.15, -0.1) is 0 Å². The molecule has 1 unspecified atom stereocenters. The van der Waals surface area contributed by atoms with E-state index in [1.807, 2.05) is 26.0 Å². The fourth-order valence-electron chi connectivity index (χ4n) is 3.95. The van der Waals surface area contributed by atoms with Crippen molar-refractivity contribution in [1.82, 2.24) is 9.91 Å². The number of anilines is 1. The first-order valence-electron chi connectivity index (χ1n) is 11.7. The molecule has 1 aliphatic heterocycles. The minimum Gasteiger partial charge on any atom is -0.495 e. The molecule has 192 valence electrons. The smallest absolute Gasteiger partial charge is 0.394 e. The maximum Gasteiger partial charge on any atom is 0.394 e. The number of likely N-dealkylation sites (N-methyl/N-ethyl adjacent to an activating group) is 1. The van der Waals surface area contributed by atoms with Crippen molar-refractivity contribution in [1.29, 1.82) is 0 Å². The van der Waals surface area contributed by atoms with Crippen LogP contribution in [0.1, 0.15) is 45.6 Å². The van der Waals surface area contributed by atoms with Crippen LogP contribution in [0.15, 0.2) is 17.2 Å². The molecule has 1 amide bonds. The van der Waals surface area contributed by atoms with Crippen LogP contribution in [0.3, 0.4) is 0 Å². The number of halogens is 4. The number of hydrazone groups is 1. The Hall–Kier alpha value is -2.16. The first kappa shape index (κ1) is 28.1. The van der Waals surface area contributed by atoms with E-state index in [4.69, 9.17) is 16.3 Å². The Morgan fingerprint density at radius 3 is 2.53 bits per heavy atom. The van der Waals surface area contributed by atoms with E-state index in [1.54, 1.807) is 25.9 Å². The molecule has 0 spiro atoms. The number of carbonyl (C=O) groups is 1. The highest BCUT2D eigenvalue weighted by atomic mass is 35.5. The fraction of sp³-hybridized carbons (Fsp3) is 0.667. The number of hydrogen-bond donors (Lipinski definition) is 0. The number of rotatable bonds is 9. The standard InChI is InChI=1S/C24H36ClF3N4O2/c1-6-17(3)20(15-24(26,27)28)29-32(7-2)16-23(33)31-10-8-9-30(11-12-31)21-14-22(34-5)19(25)13-18(21)4/h13-14,17H,6-12,15-16H2,1-5H3/b29-20-. The van der Waals surface area contributed by atoms with E-state index in [0.717, 1.165) is 24.2 Å². The number of ether oxygens (including phenoxy) is 1. The number of benzene rings is 1. The van der Waals surface area contributed by atoms with Crippen LogP contribution in [-0.4, -0.2) is 74.1 Å². The molecule has 1 aromatic rings. The van der Waals surface area contributed by atoms with Crippen molar-refractivity contribution in [3.8, 4) is 5.75 Å². The minimum absolute atomic E-state index is 0.0396. The molecule has 0 aliphatic carbocycles. The summed E-state index contributed by atoms with van der Waals surface area (Å²) in [5.41, 5.74) is 2.11. The van der Waals surface area contributed by atoms with Gasteiger partial charge in [-0.1, -0.05) is 25.4 Å². The van der Waals surface area contributed by atoms with Gasteiger partial charge in [-0.3, -0.25) is 9.80 Å². The van der Waals surface area contributed by atoms with E-state index < -0.39 is 12.6 Å². The first-order valence-corrected chi connectivity index (χ1v) is 12.1. The summed E-state index contributed by atoms with van der Waals surface area (Å²) in [4.78, 5) is 17.0. The molecule has 2 rings (SSSR count). The van der Waals surface area contributed by atoms with Gasteiger partial charge in [0.25, 0.3) is 0 Å². The van der Waals surface area contributed by atoms with Gasteiger partial charge in [0.1, 0.15) is 12.3 Å². The van der Waals surface area contributed by atoms with Crippen LogP contribution >= 0.6 is 11.6 Å². The van der Waals surface area contributed by atoms with Gasteiger partial charge in [0.15, 0.2) is 0 Å². The lowest BCUT2D eigenvalue weighted by Gasteiger charge is -2.27. The van der Waals surface area contributed by atoms with Crippen LogP contribution in [0.4, 0.5) is 18.9 Å². The molecule has 6 nitrogen and oxygen atoms in total. The van der Waals surface area contributed by atoms with Gasteiger partial charge in [0, 0.05) is 50.2 Å². The van der Waals surface area contributed by atoms with Gasteiger partial charge >= 0.3 is 6.18 Å². The Labute approximate surface area is 205 Å². The van der Waals surface area contributed by atoms with Crippen LogP contribution < -0.4 is 9.64 Å². The van der Waals surface area contributed by atoms with Crippen LogP contribution in [0.5, 0.6) is 5.75 Å². The van der Waals surface area contributed by atoms with Crippen LogP contribution in [0, 0.1) is 12.8 Å². The number of nitrogens with zero attached hydrogens (tertiary/aromatic N) is 4. The van der Waals surface area contributed by atoms with Crippen molar-refractivity contribution < 1.29 is 22.7 Å².